The van der Waals surface area contributed by atoms with Crippen LogP contribution in [0.2, 0.25) is 0 Å². The fourth-order valence-electron chi connectivity index (χ4n) is 3.85. The summed E-state index contributed by atoms with van der Waals surface area (Å²) >= 11 is 0. The Morgan fingerprint density at radius 2 is 1.75 bits per heavy atom. The van der Waals surface area contributed by atoms with E-state index in [1.807, 2.05) is 19.0 Å². The molecule has 1 fully saturated rings. The number of benzene rings is 1. The maximum atomic E-state index is 14.1. The second kappa shape index (κ2) is 7.33. The summed E-state index contributed by atoms with van der Waals surface area (Å²) in [5.74, 6) is -0.860. The third-order valence-corrected chi connectivity index (χ3v) is 5.30. The Morgan fingerprint density at radius 1 is 1.07 bits per heavy atom. The van der Waals surface area contributed by atoms with Crippen molar-refractivity contribution >= 4 is 17.7 Å². The molecule has 0 radical (unpaired) electrons. The first-order valence-corrected chi connectivity index (χ1v) is 9.51. The lowest BCUT2D eigenvalue weighted by atomic mass is 10.0. The van der Waals surface area contributed by atoms with Gasteiger partial charge >= 0.3 is 0 Å². The van der Waals surface area contributed by atoms with E-state index in [0.29, 0.717) is 13.0 Å². The van der Waals surface area contributed by atoms with Crippen LogP contribution in [0.25, 0.3) is 0 Å². The molecule has 1 aromatic carbocycles. The first-order valence-electron chi connectivity index (χ1n) is 9.51. The monoisotopic (exact) mass is 387 g/mol. The van der Waals surface area contributed by atoms with Gasteiger partial charge in [-0.15, -0.1) is 0 Å². The van der Waals surface area contributed by atoms with E-state index >= 15 is 0 Å². The van der Waals surface area contributed by atoms with Gasteiger partial charge < -0.3 is 14.7 Å². The molecule has 0 spiro atoms. The van der Waals surface area contributed by atoms with E-state index in [0.717, 1.165) is 61.1 Å². The van der Waals surface area contributed by atoms with Gasteiger partial charge in [0.25, 0.3) is 5.91 Å². The molecule has 1 amide bonds. The molecule has 4 rings (SSSR count). The second-order valence-corrected chi connectivity index (χ2v) is 7.43. The molecule has 0 atom stereocenters. The van der Waals surface area contributed by atoms with Crippen LogP contribution in [0.15, 0.2) is 18.2 Å². The summed E-state index contributed by atoms with van der Waals surface area (Å²) in [6.07, 6.45) is 2.80. The predicted octanol–water partition coefficient (Wildman–Crippen LogP) is 2.62. The number of amides is 1. The number of rotatable bonds is 3. The molecule has 28 heavy (non-hydrogen) atoms. The van der Waals surface area contributed by atoms with Gasteiger partial charge in [0.05, 0.1) is 12.2 Å². The van der Waals surface area contributed by atoms with Crippen LogP contribution in [-0.2, 0) is 13.0 Å². The maximum Gasteiger partial charge on any atom is 0.260 e. The first-order chi connectivity index (χ1) is 13.5. The zero-order chi connectivity index (χ0) is 19.8. The summed E-state index contributed by atoms with van der Waals surface area (Å²) in [4.78, 5) is 27.8. The van der Waals surface area contributed by atoms with Crippen molar-refractivity contribution in [2.75, 3.05) is 43.5 Å². The maximum absolute atomic E-state index is 14.1. The van der Waals surface area contributed by atoms with Crippen molar-refractivity contribution in [1.82, 2.24) is 14.9 Å². The van der Waals surface area contributed by atoms with Crippen molar-refractivity contribution in [2.45, 2.75) is 25.8 Å². The lowest BCUT2D eigenvalue weighted by molar-refractivity contribution is 0.0723. The predicted molar refractivity (Wildman–Crippen MR) is 103 cm³/mol. The highest BCUT2D eigenvalue weighted by Crippen LogP contribution is 2.30. The summed E-state index contributed by atoms with van der Waals surface area (Å²) in [6, 6.07) is 3.46. The molecule has 8 heteroatoms. The largest absolute Gasteiger partial charge is 0.362 e. The van der Waals surface area contributed by atoms with Crippen LogP contribution in [-0.4, -0.2) is 54.5 Å². The topological polar surface area (TPSA) is 52.6 Å². The van der Waals surface area contributed by atoms with E-state index < -0.39 is 23.1 Å². The van der Waals surface area contributed by atoms with Crippen LogP contribution >= 0.6 is 0 Å². The van der Waals surface area contributed by atoms with Crippen LogP contribution in [0, 0.1) is 11.6 Å². The number of hydrogen-bond donors (Lipinski definition) is 0. The summed E-state index contributed by atoms with van der Waals surface area (Å²) in [5, 5.41) is 0. The van der Waals surface area contributed by atoms with Gasteiger partial charge in [-0.2, -0.15) is 4.98 Å². The van der Waals surface area contributed by atoms with Crippen molar-refractivity contribution in [2.24, 2.45) is 0 Å². The SMILES string of the molecule is CN(C)c1nc(N2CCCC2)nc2c1CN(C(=O)c1c(F)cccc1F)CC2. The average Bonchev–Trinajstić information content (AvgIpc) is 3.21. The van der Waals surface area contributed by atoms with E-state index in [-0.39, 0.29) is 6.54 Å². The number of carbonyl (C=O) groups is 1. The molecular formula is C20H23F2N5O. The van der Waals surface area contributed by atoms with E-state index in [1.165, 1.54) is 11.0 Å². The van der Waals surface area contributed by atoms with Gasteiger partial charge in [-0.25, -0.2) is 13.8 Å². The summed E-state index contributed by atoms with van der Waals surface area (Å²) in [7, 11) is 3.79. The summed E-state index contributed by atoms with van der Waals surface area (Å²) in [6.45, 7) is 2.49. The van der Waals surface area contributed by atoms with Gasteiger partial charge in [-0.1, -0.05) is 6.07 Å². The van der Waals surface area contributed by atoms with Gasteiger partial charge in [0, 0.05) is 45.7 Å². The number of fused-ring (bicyclic) bond motifs is 1. The lowest BCUT2D eigenvalue weighted by Gasteiger charge is -2.32. The number of anilines is 2. The van der Waals surface area contributed by atoms with Crippen molar-refractivity contribution < 1.29 is 13.6 Å². The standard InChI is InChI=1S/C20H23F2N5O/c1-25(2)18-13-12-27(19(28)17-14(21)6-5-7-15(17)22)11-8-16(13)23-20(24-18)26-9-3-4-10-26/h5-7H,3-4,8-12H2,1-2H3. The number of hydrogen-bond acceptors (Lipinski definition) is 5. The zero-order valence-corrected chi connectivity index (χ0v) is 16.1. The molecule has 0 bridgehead atoms. The Hall–Kier alpha value is -2.77. The van der Waals surface area contributed by atoms with E-state index in [9.17, 15) is 13.6 Å². The third kappa shape index (κ3) is 3.27. The number of nitrogens with zero attached hydrogens (tertiary/aromatic N) is 5. The molecule has 2 aromatic rings. The van der Waals surface area contributed by atoms with Gasteiger partial charge in [-0.05, 0) is 25.0 Å². The summed E-state index contributed by atoms with van der Waals surface area (Å²) in [5.41, 5.74) is 1.23. The molecule has 0 N–H and O–H groups in total. The fourth-order valence-corrected chi connectivity index (χ4v) is 3.85. The molecule has 0 unspecified atom stereocenters. The lowest BCUT2D eigenvalue weighted by Crippen LogP contribution is -2.38. The summed E-state index contributed by atoms with van der Waals surface area (Å²) < 4.78 is 28.1. The Labute approximate surface area is 162 Å². The molecule has 148 valence electrons. The third-order valence-electron chi connectivity index (χ3n) is 5.30. The van der Waals surface area contributed by atoms with Crippen molar-refractivity contribution in [3.8, 4) is 0 Å². The fraction of sp³-hybridized carbons (Fsp3) is 0.450. The van der Waals surface area contributed by atoms with Crippen molar-refractivity contribution in [3.63, 3.8) is 0 Å². The Morgan fingerprint density at radius 3 is 2.39 bits per heavy atom. The van der Waals surface area contributed by atoms with E-state index in [4.69, 9.17) is 9.97 Å². The highest BCUT2D eigenvalue weighted by atomic mass is 19.1. The number of carbonyl (C=O) groups excluding carboxylic acids is 1. The zero-order valence-electron chi connectivity index (χ0n) is 16.1. The van der Waals surface area contributed by atoms with Crippen LogP contribution < -0.4 is 9.80 Å². The van der Waals surface area contributed by atoms with E-state index in [1.54, 1.807) is 0 Å². The van der Waals surface area contributed by atoms with E-state index in [2.05, 4.69) is 4.90 Å². The van der Waals surface area contributed by atoms with Gasteiger partial charge in [0.2, 0.25) is 5.95 Å². The molecule has 6 nitrogen and oxygen atoms in total. The quantitative estimate of drug-likeness (QED) is 0.811. The van der Waals surface area contributed by atoms with Crippen LogP contribution in [0.3, 0.4) is 0 Å². The normalized spacial score (nSPS) is 16.3. The van der Waals surface area contributed by atoms with Gasteiger partial charge in [0.1, 0.15) is 23.0 Å². The number of aromatic nitrogens is 2. The molecule has 3 heterocycles. The Balaban J connectivity index is 1.67. The molecular weight excluding hydrogens is 364 g/mol. The first kappa shape index (κ1) is 18.6. The molecule has 1 aromatic heterocycles. The smallest absolute Gasteiger partial charge is 0.260 e. The highest BCUT2D eigenvalue weighted by Gasteiger charge is 2.30. The van der Waals surface area contributed by atoms with Crippen molar-refractivity contribution in [1.29, 1.82) is 0 Å². The minimum atomic E-state index is -0.843. The molecule has 0 aliphatic carbocycles. The minimum Gasteiger partial charge on any atom is -0.362 e. The highest BCUT2D eigenvalue weighted by molar-refractivity contribution is 5.95. The van der Waals surface area contributed by atoms with Gasteiger partial charge in [-0.3, -0.25) is 4.79 Å². The number of halogens is 2. The van der Waals surface area contributed by atoms with Crippen LogP contribution in [0.1, 0.15) is 34.5 Å². The van der Waals surface area contributed by atoms with Gasteiger partial charge in [0.15, 0.2) is 0 Å². The van der Waals surface area contributed by atoms with Crippen LogP contribution in [0.4, 0.5) is 20.5 Å². The molecule has 0 saturated carbocycles. The molecule has 2 aliphatic rings. The van der Waals surface area contributed by atoms with Crippen molar-refractivity contribution in [3.05, 3.63) is 46.7 Å². The molecule has 1 saturated heterocycles. The second-order valence-electron chi connectivity index (χ2n) is 7.43. The van der Waals surface area contributed by atoms with Crippen LogP contribution in [0.5, 0.6) is 0 Å². The minimum absolute atomic E-state index is 0.232. The Bertz CT molecular complexity index is 891. The average molecular weight is 387 g/mol. The Kier molecular flexibility index (Phi) is 4.87. The molecule has 2 aliphatic heterocycles.